The number of nitrogens with one attached hydrogen (secondary N) is 1. The summed E-state index contributed by atoms with van der Waals surface area (Å²) in [6, 6.07) is 8.14. The third kappa shape index (κ3) is 8.89. The highest BCUT2D eigenvalue weighted by molar-refractivity contribution is 9.10. The van der Waals surface area contributed by atoms with Crippen LogP contribution in [-0.2, 0) is 32.3 Å². The van der Waals surface area contributed by atoms with Gasteiger partial charge in [0.25, 0.3) is 0 Å². The van der Waals surface area contributed by atoms with E-state index in [0.717, 1.165) is 22.9 Å². The van der Waals surface area contributed by atoms with Gasteiger partial charge in [-0.25, -0.2) is 8.42 Å². The molecule has 0 spiro atoms. The van der Waals surface area contributed by atoms with Crippen LogP contribution in [-0.4, -0.2) is 50.5 Å². The van der Waals surface area contributed by atoms with Crippen molar-refractivity contribution in [2.75, 3.05) is 23.7 Å². The Kier molecular flexibility index (Phi) is 10.4. The van der Waals surface area contributed by atoms with Crippen molar-refractivity contribution in [1.29, 1.82) is 0 Å². The van der Waals surface area contributed by atoms with Crippen molar-refractivity contribution in [3.63, 3.8) is 0 Å². The quantitative estimate of drug-likeness (QED) is 0.399. The number of carbonyl (C=O) groups is 2. The largest absolute Gasteiger partial charge is 0.416 e. The monoisotopic (exact) mass is 625 g/mol. The summed E-state index contributed by atoms with van der Waals surface area (Å²) in [5, 5.41) is 2.46. The standard InChI is InChI=1S/C24H28BrClF3N3O4S/c1-15(2)12-30-23(34)16(3)31(13-17-5-8-19(25)9-6-17)22(33)14-32(37(4,35)36)21-11-18(24(27,28)29)7-10-20(21)26/h5-11,15-16H,12-14H2,1-4H3,(H,30,34)/t16-/m1/s1. The molecule has 0 aliphatic carbocycles. The fourth-order valence-electron chi connectivity index (χ4n) is 3.30. The average Bonchev–Trinajstić information content (AvgIpc) is 2.79. The molecule has 204 valence electrons. The summed E-state index contributed by atoms with van der Waals surface area (Å²) in [5.41, 5.74) is -0.961. The van der Waals surface area contributed by atoms with E-state index in [2.05, 4.69) is 21.2 Å². The Labute approximate surface area is 228 Å². The van der Waals surface area contributed by atoms with Crippen molar-refractivity contribution in [1.82, 2.24) is 10.2 Å². The Morgan fingerprint density at radius 1 is 1.08 bits per heavy atom. The van der Waals surface area contributed by atoms with E-state index in [4.69, 9.17) is 11.6 Å². The molecular formula is C24H28BrClF3N3O4S. The molecule has 0 aromatic heterocycles. The normalized spacial score (nSPS) is 12.8. The number of nitrogens with zero attached hydrogens (tertiary/aromatic N) is 2. The van der Waals surface area contributed by atoms with E-state index >= 15 is 0 Å². The predicted octanol–water partition coefficient (Wildman–Crippen LogP) is 5.08. The molecule has 0 aliphatic rings. The van der Waals surface area contributed by atoms with E-state index in [9.17, 15) is 31.2 Å². The van der Waals surface area contributed by atoms with Gasteiger partial charge in [-0.3, -0.25) is 13.9 Å². The van der Waals surface area contributed by atoms with E-state index in [1.807, 2.05) is 13.8 Å². The molecule has 0 radical (unpaired) electrons. The lowest BCUT2D eigenvalue weighted by Gasteiger charge is -2.32. The number of anilines is 1. The van der Waals surface area contributed by atoms with Crippen LogP contribution in [0.3, 0.4) is 0 Å². The maximum Gasteiger partial charge on any atom is 0.416 e. The van der Waals surface area contributed by atoms with Gasteiger partial charge in [-0.1, -0.05) is 53.5 Å². The summed E-state index contributed by atoms with van der Waals surface area (Å²) in [7, 11) is -4.25. The Balaban J connectivity index is 2.47. The molecule has 1 atom stereocenters. The Morgan fingerprint density at radius 3 is 2.19 bits per heavy atom. The van der Waals surface area contributed by atoms with Crippen LogP contribution in [0.1, 0.15) is 31.9 Å². The van der Waals surface area contributed by atoms with Crippen LogP contribution in [0.5, 0.6) is 0 Å². The molecule has 2 aromatic carbocycles. The van der Waals surface area contributed by atoms with Gasteiger partial charge in [-0.15, -0.1) is 0 Å². The van der Waals surface area contributed by atoms with E-state index < -0.39 is 51.9 Å². The number of hydrogen-bond acceptors (Lipinski definition) is 4. The van der Waals surface area contributed by atoms with Crippen LogP contribution in [0.4, 0.5) is 18.9 Å². The van der Waals surface area contributed by atoms with Crippen molar-refractivity contribution in [2.24, 2.45) is 5.92 Å². The van der Waals surface area contributed by atoms with Gasteiger partial charge < -0.3 is 10.2 Å². The van der Waals surface area contributed by atoms with Crippen LogP contribution in [0, 0.1) is 5.92 Å². The van der Waals surface area contributed by atoms with Crippen molar-refractivity contribution in [3.05, 3.63) is 63.1 Å². The van der Waals surface area contributed by atoms with Gasteiger partial charge in [0.15, 0.2) is 0 Å². The van der Waals surface area contributed by atoms with E-state index in [-0.39, 0.29) is 17.5 Å². The van der Waals surface area contributed by atoms with Gasteiger partial charge in [0.2, 0.25) is 21.8 Å². The second kappa shape index (κ2) is 12.5. The number of alkyl halides is 3. The van der Waals surface area contributed by atoms with Crippen molar-refractivity contribution < 1.29 is 31.2 Å². The van der Waals surface area contributed by atoms with E-state index in [0.29, 0.717) is 22.5 Å². The minimum atomic E-state index is -4.76. The highest BCUT2D eigenvalue weighted by atomic mass is 79.9. The van der Waals surface area contributed by atoms with Crippen molar-refractivity contribution in [2.45, 2.75) is 39.5 Å². The fraction of sp³-hybridized carbons (Fsp3) is 0.417. The van der Waals surface area contributed by atoms with Crippen LogP contribution >= 0.6 is 27.5 Å². The first-order chi connectivity index (χ1) is 17.0. The van der Waals surface area contributed by atoms with Crippen LogP contribution in [0.25, 0.3) is 0 Å². The summed E-state index contributed by atoms with van der Waals surface area (Å²) in [6.07, 6.45) is -4.00. The number of rotatable bonds is 10. The van der Waals surface area contributed by atoms with Gasteiger partial charge in [-0.05, 0) is 48.7 Å². The first-order valence-corrected chi connectivity index (χ1v) is 14.2. The zero-order valence-electron chi connectivity index (χ0n) is 20.6. The summed E-state index contributed by atoms with van der Waals surface area (Å²) >= 11 is 9.39. The molecule has 37 heavy (non-hydrogen) atoms. The number of carbonyl (C=O) groups excluding carboxylic acids is 2. The minimum absolute atomic E-state index is 0.0453. The molecule has 0 aliphatic heterocycles. The zero-order valence-corrected chi connectivity index (χ0v) is 23.8. The molecule has 2 amide bonds. The molecule has 0 saturated heterocycles. The molecule has 13 heteroatoms. The molecular weight excluding hydrogens is 599 g/mol. The molecule has 7 nitrogen and oxygen atoms in total. The summed E-state index contributed by atoms with van der Waals surface area (Å²) in [6.45, 7) is 4.75. The van der Waals surface area contributed by atoms with Gasteiger partial charge >= 0.3 is 6.18 Å². The highest BCUT2D eigenvalue weighted by Gasteiger charge is 2.34. The minimum Gasteiger partial charge on any atom is -0.354 e. The first-order valence-electron chi connectivity index (χ1n) is 11.2. The van der Waals surface area contributed by atoms with Crippen molar-refractivity contribution >= 4 is 55.1 Å². The van der Waals surface area contributed by atoms with Gasteiger partial charge in [0, 0.05) is 17.6 Å². The predicted molar refractivity (Wildman–Crippen MR) is 141 cm³/mol. The SMILES string of the molecule is CC(C)CNC(=O)[C@@H](C)N(Cc1ccc(Br)cc1)C(=O)CN(c1cc(C(F)(F)F)ccc1Cl)S(C)(=O)=O. The maximum atomic E-state index is 13.5. The summed E-state index contributed by atoms with van der Waals surface area (Å²) in [5.74, 6) is -1.10. The molecule has 0 fully saturated rings. The third-order valence-electron chi connectivity index (χ3n) is 5.34. The number of sulfonamides is 1. The molecule has 1 N–H and O–H groups in total. The molecule has 0 unspecified atom stereocenters. The van der Waals surface area contributed by atoms with Gasteiger partial charge in [0.1, 0.15) is 12.6 Å². The first kappa shape index (κ1) is 30.9. The zero-order chi connectivity index (χ0) is 28.1. The number of hydrogen-bond donors (Lipinski definition) is 1. The molecule has 0 bridgehead atoms. The van der Waals surface area contributed by atoms with Gasteiger partial charge in [0.05, 0.1) is 22.5 Å². The second-order valence-electron chi connectivity index (χ2n) is 8.90. The summed E-state index contributed by atoms with van der Waals surface area (Å²) in [4.78, 5) is 27.5. The summed E-state index contributed by atoms with van der Waals surface area (Å²) < 4.78 is 66.5. The molecule has 0 saturated carbocycles. The third-order valence-corrected chi connectivity index (χ3v) is 7.31. The lowest BCUT2D eigenvalue weighted by atomic mass is 10.1. The highest BCUT2D eigenvalue weighted by Crippen LogP contribution is 2.36. The topological polar surface area (TPSA) is 86.8 Å². The Morgan fingerprint density at radius 2 is 1.68 bits per heavy atom. The molecule has 0 heterocycles. The van der Waals surface area contributed by atoms with Crippen molar-refractivity contribution in [3.8, 4) is 0 Å². The average molecular weight is 627 g/mol. The lowest BCUT2D eigenvalue weighted by Crippen LogP contribution is -2.51. The Bertz CT molecular complexity index is 1220. The second-order valence-corrected chi connectivity index (χ2v) is 12.1. The maximum absolute atomic E-state index is 13.5. The number of amides is 2. The van der Waals surface area contributed by atoms with E-state index in [1.54, 1.807) is 24.3 Å². The Hall–Kier alpha value is -2.31. The number of benzene rings is 2. The van der Waals surface area contributed by atoms with Gasteiger partial charge in [-0.2, -0.15) is 13.2 Å². The molecule has 2 aromatic rings. The van der Waals surface area contributed by atoms with E-state index in [1.165, 1.54) is 11.8 Å². The number of halogens is 5. The van der Waals surface area contributed by atoms with Crippen LogP contribution in [0.15, 0.2) is 46.9 Å². The fourth-order valence-corrected chi connectivity index (χ4v) is 4.68. The van der Waals surface area contributed by atoms with Crippen LogP contribution in [0.2, 0.25) is 5.02 Å². The van der Waals surface area contributed by atoms with Crippen LogP contribution < -0.4 is 9.62 Å². The smallest absolute Gasteiger partial charge is 0.354 e. The lowest BCUT2D eigenvalue weighted by molar-refractivity contribution is -0.139. The molecule has 2 rings (SSSR count).